The van der Waals surface area contributed by atoms with Crippen molar-refractivity contribution in [3.8, 4) is 17.2 Å². The number of aryl methyl sites for hydroxylation is 1. The highest BCUT2D eigenvalue weighted by Gasteiger charge is 2.15. The van der Waals surface area contributed by atoms with Crippen LogP contribution in [0.1, 0.15) is 21.5 Å². The molecule has 0 bridgehead atoms. The maximum Gasteiger partial charge on any atom is 0.338 e. The first kappa shape index (κ1) is 12.8. The molecule has 2 aromatic carbocycles. The molecule has 0 atom stereocenters. The van der Waals surface area contributed by atoms with E-state index in [2.05, 4.69) is 0 Å². The zero-order chi connectivity index (χ0) is 13.8. The third-order valence-electron chi connectivity index (χ3n) is 2.99. The Morgan fingerprint density at radius 1 is 1.16 bits per heavy atom. The summed E-state index contributed by atoms with van der Waals surface area (Å²) in [6, 6.07) is 14.9. The molecule has 0 fully saturated rings. The summed E-state index contributed by atoms with van der Waals surface area (Å²) in [5.41, 5.74) is 3.67. The van der Waals surface area contributed by atoms with Crippen LogP contribution in [0.4, 0.5) is 0 Å². The molecule has 0 aliphatic rings. The fraction of sp³-hybridized carbons (Fsp3) is 0.125. The Kier molecular flexibility index (Phi) is 3.63. The van der Waals surface area contributed by atoms with E-state index in [9.17, 15) is 4.79 Å². The fourth-order valence-electron chi connectivity index (χ4n) is 2.00. The number of esters is 1. The van der Waals surface area contributed by atoms with E-state index in [0.717, 1.165) is 16.7 Å². The highest BCUT2D eigenvalue weighted by molar-refractivity contribution is 5.98. The number of ether oxygens (including phenoxy) is 1. The number of methoxy groups -OCH3 is 1. The van der Waals surface area contributed by atoms with Crippen LogP contribution >= 0.6 is 0 Å². The summed E-state index contributed by atoms with van der Waals surface area (Å²) >= 11 is 0. The minimum absolute atomic E-state index is 0.413. The lowest BCUT2D eigenvalue weighted by Crippen LogP contribution is -2.04. The number of hydrogen-bond acceptors (Lipinski definition) is 3. The molecule has 3 heteroatoms. The van der Waals surface area contributed by atoms with Gasteiger partial charge in [0.15, 0.2) is 0 Å². The van der Waals surface area contributed by atoms with Crippen LogP contribution in [0, 0.1) is 18.3 Å². The number of carbonyl (C=O) groups excluding carboxylic acids is 1. The van der Waals surface area contributed by atoms with Crippen molar-refractivity contribution in [2.45, 2.75) is 6.92 Å². The summed E-state index contributed by atoms with van der Waals surface area (Å²) in [5.74, 6) is -0.435. The quantitative estimate of drug-likeness (QED) is 0.769. The Balaban J connectivity index is 2.67. The van der Waals surface area contributed by atoms with E-state index >= 15 is 0 Å². The first-order valence-electron chi connectivity index (χ1n) is 5.86. The number of benzene rings is 2. The van der Waals surface area contributed by atoms with E-state index in [0.29, 0.717) is 11.1 Å². The Morgan fingerprint density at radius 3 is 2.53 bits per heavy atom. The number of nitriles is 1. The van der Waals surface area contributed by atoms with Crippen molar-refractivity contribution in [1.29, 1.82) is 5.26 Å². The Hall–Kier alpha value is -2.60. The third-order valence-corrected chi connectivity index (χ3v) is 2.99. The van der Waals surface area contributed by atoms with Crippen LogP contribution in [-0.4, -0.2) is 13.1 Å². The van der Waals surface area contributed by atoms with Crippen molar-refractivity contribution in [3.05, 3.63) is 59.2 Å². The molecule has 0 N–H and O–H groups in total. The standard InChI is InChI=1S/C16H13NO2/c1-11-5-3-4-6-13(11)14-8-7-12(10-17)9-15(14)16(18)19-2/h3-9H,1-2H3. The van der Waals surface area contributed by atoms with Crippen LogP contribution in [0.5, 0.6) is 0 Å². The predicted octanol–water partition coefficient (Wildman–Crippen LogP) is 3.32. The average molecular weight is 251 g/mol. The van der Waals surface area contributed by atoms with Gasteiger partial charge in [-0.3, -0.25) is 0 Å². The van der Waals surface area contributed by atoms with Gasteiger partial charge in [0.05, 0.1) is 24.3 Å². The summed E-state index contributed by atoms with van der Waals surface area (Å²) in [5, 5.41) is 8.93. The molecule has 19 heavy (non-hydrogen) atoms. The van der Waals surface area contributed by atoms with Gasteiger partial charge in [-0.15, -0.1) is 0 Å². The van der Waals surface area contributed by atoms with Crippen LogP contribution in [0.2, 0.25) is 0 Å². The van der Waals surface area contributed by atoms with E-state index in [1.807, 2.05) is 37.3 Å². The average Bonchev–Trinajstić information content (AvgIpc) is 2.46. The summed E-state index contributed by atoms with van der Waals surface area (Å²) in [7, 11) is 1.34. The SMILES string of the molecule is COC(=O)c1cc(C#N)ccc1-c1ccccc1C. The molecule has 2 rings (SSSR count). The molecular weight excluding hydrogens is 238 g/mol. The molecule has 0 aromatic heterocycles. The molecule has 2 aromatic rings. The molecule has 0 heterocycles. The molecule has 0 radical (unpaired) electrons. The van der Waals surface area contributed by atoms with Gasteiger partial charge in [0.2, 0.25) is 0 Å². The second-order valence-corrected chi connectivity index (χ2v) is 4.18. The zero-order valence-corrected chi connectivity index (χ0v) is 10.8. The lowest BCUT2D eigenvalue weighted by molar-refractivity contribution is 0.0601. The van der Waals surface area contributed by atoms with E-state index < -0.39 is 5.97 Å². The predicted molar refractivity (Wildman–Crippen MR) is 72.7 cm³/mol. The van der Waals surface area contributed by atoms with Crippen molar-refractivity contribution < 1.29 is 9.53 Å². The maximum absolute atomic E-state index is 11.9. The smallest absolute Gasteiger partial charge is 0.338 e. The zero-order valence-electron chi connectivity index (χ0n) is 10.8. The van der Waals surface area contributed by atoms with Crippen molar-refractivity contribution in [1.82, 2.24) is 0 Å². The van der Waals surface area contributed by atoms with Gasteiger partial charge in [0.25, 0.3) is 0 Å². The van der Waals surface area contributed by atoms with Crippen LogP contribution in [0.15, 0.2) is 42.5 Å². The highest BCUT2D eigenvalue weighted by Crippen LogP contribution is 2.28. The van der Waals surface area contributed by atoms with Crippen molar-refractivity contribution in [2.24, 2.45) is 0 Å². The van der Waals surface area contributed by atoms with E-state index in [1.54, 1.807) is 18.2 Å². The first-order chi connectivity index (χ1) is 9.17. The largest absolute Gasteiger partial charge is 0.465 e. The van der Waals surface area contributed by atoms with Gasteiger partial charge >= 0.3 is 5.97 Å². The molecule has 0 amide bonds. The summed E-state index contributed by atoms with van der Waals surface area (Å²) in [6.45, 7) is 1.98. The number of rotatable bonds is 2. The van der Waals surface area contributed by atoms with Gasteiger partial charge in [-0.05, 0) is 35.7 Å². The van der Waals surface area contributed by atoms with Gasteiger partial charge in [-0.1, -0.05) is 30.3 Å². The molecule has 0 aliphatic heterocycles. The minimum atomic E-state index is -0.435. The normalized spacial score (nSPS) is 9.74. The molecule has 0 saturated carbocycles. The Labute approximate surface area is 112 Å². The minimum Gasteiger partial charge on any atom is -0.465 e. The summed E-state index contributed by atoms with van der Waals surface area (Å²) < 4.78 is 4.79. The van der Waals surface area contributed by atoms with Gasteiger partial charge in [-0.25, -0.2) is 4.79 Å². The Bertz CT molecular complexity index is 669. The maximum atomic E-state index is 11.9. The fourth-order valence-corrected chi connectivity index (χ4v) is 2.00. The molecule has 3 nitrogen and oxygen atoms in total. The van der Waals surface area contributed by atoms with Crippen LogP contribution in [-0.2, 0) is 4.74 Å². The summed E-state index contributed by atoms with van der Waals surface area (Å²) in [6.07, 6.45) is 0. The van der Waals surface area contributed by atoms with Crippen molar-refractivity contribution in [3.63, 3.8) is 0 Å². The highest BCUT2D eigenvalue weighted by atomic mass is 16.5. The van der Waals surface area contributed by atoms with Crippen molar-refractivity contribution >= 4 is 5.97 Å². The Morgan fingerprint density at radius 2 is 1.89 bits per heavy atom. The number of carbonyl (C=O) groups is 1. The topological polar surface area (TPSA) is 50.1 Å². The molecule has 0 spiro atoms. The third kappa shape index (κ3) is 2.48. The van der Waals surface area contributed by atoms with Gasteiger partial charge in [0.1, 0.15) is 0 Å². The molecular formula is C16H13NO2. The molecule has 0 aliphatic carbocycles. The molecule has 94 valence electrons. The van der Waals surface area contributed by atoms with E-state index in [1.165, 1.54) is 7.11 Å². The van der Waals surface area contributed by atoms with Gasteiger partial charge < -0.3 is 4.74 Å². The first-order valence-corrected chi connectivity index (χ1v) is 5.86. The molecule has 0 saturated heterocycles. The van der Waals surface area contributed by atoms with Crippen molar-refractivity contribution in [2.75, 3.05) is 7.11 Å². The molecule has 0 unspecified atom stereocenters. The van der Waals surface area contributed by atoms with Gasteiger partial charge in [0, 0.05) is 0 Å². The monoisotopic (exact) mass is 251 g/mol. The van der Waals surface area contributed by atoms with Crippen LogP contribution < -0.4 is 0 Å². The van der Waals surface area contributed by atoms with Crippen LogP contribution in [0.25, 0.3) is 11.1 Å². The van der Waals surface area contributed by atoms with Crippen LogP contribution in [0.3, 0.4) is 0 Å². The second kappa shape index (κ2) is 5.36. The van der Waals surface area contributed by atoms with E-state index in [4.69, 9.17) is 10.00 Å². The van der Waals surface area contributed by atoms with E-state index in [-0.39, 0.29) is 0 Å². The second-order valence-electron chi connectivity index (χ2n) is 4.18. The number of nitrogens with zero attached hydrogens (tertiary/aromatic N) is 1. The number of hydrogen-bond donors (Lipinski definition) is 0. The van der Waals surface area contributed by atoms with Gasteiger partial charge in [-0.2, -0.15) is 5.26 Å². The lowest BCUT2D eigenvalue weighted by Gasteiger charge is -2.10. The lowest BCUT2D eigenvalue weighted by atomic mass is 9.94. The summed E-state index contributed by atoms with van der Waals surface area (Å²) in [4.78, 5) is 11.9.